The fourth-order valence-corrected chi connectivity index (χ4v) is 2.91. The smallest absolute Gasteiger partial charge is 0.161 e. The van der Waals surface area contributed by atoms with E-state index < -0.39 is 0 Å². The van der Waals surface area contributed by atoms with Crippen molar-refractivity contribution in [2.45, 2.75) is 33.9 Å². The summed E-state index contributed by atoms with van der Waals surface area (Å²) in [7, 11) is 1.68. The lowest BCUT2D eigenvalue weighted by molar-refractivity contribution is 0.284. The largest absolute Gasteiger partial charge is 0.493 e. The Kier molecular flexibility index (Phi) is 6.02. The Morgan fingerprint density at radius 3 is 2.19 bits per heavy atom. The average Bonchev–Trinajstić information content (AvgIpc) is 2.68. The first-order valence-corrected chi connectivity index (χ1v) is 9.21. The van der Waals surface area contributed by atoms with E-state index in [0.717, 1.165) is 34.9 Å². The van der Waals surface area contributed by atoms with Crippen LogP contribution in [0, 0.1) is 20.8 Å². The highest BCUT2D eigenvalue weighted by atomic mass is 16.5. The van der Waals surface area contributed by atoms with Gasteiger partial charge < -0.3 is 14.8 Å². The van der Waals surface area contributed by atoms with Crippen LogP contribution >= 0.6 is 0 Å². The number of anilines is 1. The Labute approximate surface area is 162 Å². The zero-order valence-electron chi connectivity index (χ0n) is 16.5. The molecule has 0 aliphatic heterocycles. The van der Waals surface area contributed by atoms with Gasteiger partial charge in [0, 0.05) is 12.2 Å². The maximum absolute atomic E-state index is 5.96. The molecular formula is C24H27NO2. The second-order valence-electron chi connectivity index (χ2n) is 6.93. The van der Waals surface area contributed by atoms with Gasteiger partial charge in [-0.1, -0.05) is 48.0 Å². The van der Waals surface area contributed by atoms with Gasteiger partial charge in [0.25, 0.3) is 0 Å². The zero-order valence-corrected chi connectivity index (χ0v) is 16.5. The number of aryl methyl sites for hydroxylation is 3. The van der Waals surface area contributed by atoms with E-state index in [9.17, 15) is 0 Å². The van der Waals surface area contributed by atoms with Crippen LogP contribution in [0.2, 0.25) is 0 Å². The Morgan fingerprint density at radius 2 is 1.44 bits per heavy atom. The molecule has 0 saturated carbocycles. The standard InChI is InChI=1S/C24H27NO2/c1-17-6-9-20(10-7-17)16-27-23-12-11-21(14-24(23)26-4)15-25-22-13-18(2)5-8-19(22)3/h5-14,25H,15-16H2,1-4H3. The third-order valence-electron chi connectivity index (χ3n) is 4.62. The second kappa shape index (κ2) is 8.63. The van der Waals surface area contributed by atoms with Crippen LogP contribution in [0.15, 0.2) is 60.7 Å². The summed E-state index contributed by atoms with van der Waals surface area (Å²) < 4.78 is 11.5. The molecule has 0 radical (unpaired) electrons. The molecule has 0 amide bonds. The number of rotatable bonds is 7. The SMILES string of the molecule is COc1cc(CNc2cc(C)ccc2C)ccc1OCc1ccc(C)cc1. The minimum Gasteiger partial charge on any atom is -0.493 e. The summed E-state index contributed by atoms with van der Waals surface area (Å²) in [5.74, 6) is 1.51. The molecule has 27 heavy (non-hydrogen) atoms. The van der Waals surface area contributed by atoms with Crippen molar-refractivity contribution in [3.8, 4) is 11.5 Å². The van der Waals surface area contributed by atoms with Crippen molar-refractivity contribution in [2.24, 2.45) is 0 Å². The van der Waals surface area contributed by atoms with Gasteiger partial charge in [-0.15, -0.1) is 0 Å². The number of nitrogens with one attached hydrogen (secondary N) is 1. The van der Waals surface area contributed by atoms with Crippen molar-refractivity contribution < 1.29 is 9.47 Å². The number of ether oxygens (including phenoxy) is 2. The summed E-state index contributed by atoms with van der Waals surface area (Å²) >= 11 is 0. The van der Waals surface area contributed by atoms with Crippen LogP contribution < -0.4 is 14.8 Å². The summed E-state index contributed by atoms with van der Waals surface area (Å²) in [5, 5.41) is 3.51. The fourth-order valence-electron chi connectivity index (χ4n) is 2.91. The minimum absolute atomic E-state index is 0.525. The molecule has 3 aromatic carbocycles. The number of methoxy groups -OCH3 is 1. The highest BCUT2D eigenvalue weighted by Gasteiger charge is 2.07. The van der Waals surface area contributed by atoms with Gasteiger partial charge in [-0.2, -0.15) is 0 Å². The van der Waals surface area contributed by atoms with Crippen molar-refractivity contribution in [1.29, 1.82) is 0 Å². The molecule has 0 aliphatic rings. The Bertz CT molecular complexity index is 901. The third kappa shape index (κ3) is 5.04. The van der Waals surface area contributed by atoms with E-state index in [-0.39, 0.29) is 0 Å². The molecule has 0 bridgehead atoms. The fraction of sp³-hybridized carbons (Fsp3) is 0.250. The quantitative estimate of drug-likeness (QED) is 0.576. The molecule has 0 aromatic heterocycles. The maximum atomic E-state index is 5.96. The molecule has 0 heterocycles. The van der Waals surface area contributed by atoms with Crippen LogP contribution in [0.25, 0.3) is 0 Å². The zero-order chi connectivity index (χ0) is 19.2. The van der Waals surface area contributed by atoms with Crippen molar-refractivity contribution >= 4 is 5.69 Å². The van der Waals surface area contributed by atoms with Crippen LogP contribution in [-0.4, -0.2) is 7.11 Å². The van der Waals surface area contributed by atoms with Gasteiger partial charge in [-0.3, -0.25) is 0 Å². The van der Waals surface area contributed by atoms with Crippen LogP contribution in [0.4, 0.5) is 5.69 Å². The van der Waals surface area contributed by atoms with Crippen molar-refractivity contribution in [1.82, 2.24) is 0 Å². The van der Waals surface area contributed by atoms with Gasteiger partial charge in [-0.25, -0.2) is 0 Å². The van der Waals surface area contributed by atoms with Gasteiger partial charge in [-0.05, 0) is 61.2 Å². The highest BCUT2D eigenvalue weighted by molar-refractivity contribution is 5.53. The number of hydrogen-bond acceptors (Lipinski definition) is 3. The molecule has 3 aromatic rings. The highest BCUT2D eigenvalue weighted by Crippen LogP contribution is 2.29. The lowest BCUT2D eigenvalue weighted by Crippen LogP contribution is -2.03. The Morgan fingerprint density at radius 1 is 0.741 bits per heavy atom. The van der Waals surface area contributed by atoms with Crippen LogP contribution in [0.3, 0.4) is 0 Å². The molecule has 1 N–H and O–H groups in total. The molecule has 0 fully saturated rings. The molecule has 0 spiro atoms. The molecular weight excluding hydrogens is 334 g/mol. The van der Waals surface area contributed by atoms with Crippen molar-refractivity contribution in [3.05, 3.63) is 88.5 Å². The predicted molar refractivity (Wildman–Crippen MR) is 112 cm³/mol. The summed E-state index contributed by atoms with van der Waals surface area (Å²) in [4.78, 5) is 0. The number of hydrogen-bond donors (Lipinski definition) is 1. The molecule has 0 aliphatic carbocycles. The van der Waals surface area contributed by atoms with Gasteiger partial charge in [0.2, 0.25) is 0 Å². The van der Waals surface area contributed by atoms with E-state index in [0.29, 0.717) is 6.61 Å². The maximum Gasteiger partial charge on any atom is 0.161 e. The predicted octanol–water partition coefficient (Wildman–Crippen LogP) is 5.81. The van der Waals surface area contributed by atoms with Gasteiger partial charge >= 0.3 is 0 Å². The van der Waals surface area contributed by atoms with Crippen LogP contribution in [0.5, 0.6) is 11.5 Å². The van der Waals surface area contributed by atoms with Gasteiger partial charge in [0.1, 0.15) is 6.61 Å². The molecule has 3 nitrogen and oxygen atoms in total. The van der Waals surface area contributed by atoms with Crippen molar-refractivity contribution in [3.63, 3.8) is 0 Å². The summed E-state index contributed by atoms with van der Waals surface area (Å²) in [5.41, 5.74) is 7.19. The van der Waals surface area contributed by atoms with Crippen LogP contribution in [0.1, 0.15) is 27.8 Å². The Balaban J connectivity index is 1.66. The average molecular weight is 361 g/mol. The van der Waals surface area contributed by atoms with Crippen LogP contribution in [-0.2, 0) is 13.2 Å². The van der Waals surface area contributed by atoms with Gasteiger partial charge in [0.15, 0.2) is 11.5 Å². The molecule has 0 unspecified atom stereocenters. The van der Waals surface area contributed by atoms with E-state index >= 15 is 0 Å². The molecule has 3 heteroatoms. The second-order valence-corrected chi connectivity index (χ2v) is 6.93. The lowest BCUT2D eigenvalue weighted by Gasteiger charge is -2.14. The summed E-state index contributed by atoms with van der Waals surface area (Å²) in [6, 6.07) is 20.9. The number of benzene rings is 3. The van der Waals surface area contributed by atoms with E-state index in [4.69, 9.17) is 9.47 Å². The first-order chi connectivity index (χ1) is 13.0. The van der Waals surface area contributed by atoms with Gasteiger partial charge in [0.05, 0.1) is 7.11 Å². The van der Waals surface area contributed by atoms with Crippen molar-refractivity contribution in [2.75, 3.05) is 12.4 Å². The monoisotopic (exact) mass is 361 g/mol. The summed E-state index contributed by atoms with van der Waals surface area (Å²) in [6.07, 6.45) is 0. The molecule has 0 saturated heterocycles. The first kappa shape index (κ1) is 18.8. The lowest BCUT2D eigenvalue weighted by atomic mass is 10.1. The van der Waals surface area contributed by atoms with E-state index in [1.807, 2.05) is 12.1 Å². The third-order valence-corrected chi connectivity index (χ3v) is 4.62. The normalized spacial score (nSPS) is 10.5. The van der Waals surface area contributed by atoms with E-state index in [2.05, 4.69) is 74.6 Å². The molecule has 3 rings (SSSR count). The molecule has 0 atom stereocenters. The Hall–Kier alpha value is -2.94. The van der Waals surface area contributed by atoms with E-state index in [1.54, 1.807) is 7.11 Å². The minimum atomic E-state index is 0.525. The molecule has 140 valence electrons. The van der Waals surface area contributed by atoms with E-state index in [1.165, 1.54) is 16.7 Å². The summed E-state index contributed by atoms with van der Waals surface area (Å²) in [6.45, 7) is 7.56. The first-order valence-electron chi connectivity index (χ1n) is 9.21. The topological polar surface area (TPSA) is 30.5 Å².